The largest absolute Gasteiger partial charge is 0.370 e. The van der Waals surface area contributed by atoms with Crippen molar-refractivity contribution in [2.45, 2.75) is 19.3 Å². The van der Waals surface area contributed by atoms with Crippen LogP contribution >= 0.6 is 0 Å². The van der Waals surface area contributed by atoms with Crippen LogP contribution in [0.3, 0.4) is 0 Å². The Labute approximate surface area is 196 Å². The van der Waals surface area contributed by atoms with Gasteiger partial charge in [-0.25, -0.2) is 0 Å². The maximum atomic E-state index is 13.1. The summed E-state index contributed by atoms with van der Waals surface area (Å²) in [6, 6.07) is 18.3. The molecule has 3 aromatic carbocycles. The number of primary amides is 1. The van der Waals surface area contributed by atoms with E-state index in [1.165, 1.54) is 18.2 Å². The van der Waals surface area contributed by atoms with Gasteiger partial charge in [-0.3, -0.25) is 19.7 Å². The Morgan fingerprint density at radius 3 is 2.26 bits per heavy atom. The van der Waals surface area contributed by atoms with Crippen LogP contribution in [0.2, 0.25) is 0 Å². The number of rotatable bonds is 7. The first-order valence-electron chi connectivity index (χ1n) is 11.0. The van der Waals surface area contributed by atoms with Gasteiger partial charge in [-0.15, -0.1) is 0 Å². The van der Waals surface area contributed by atoms with E-state index in [2.05, 4.69) is 15.5 Å². The molecule has 0 unspecified atom stereocenters. The smallest absolute Gasteiger partial charge is 0.293 e. The maximum Gasteiger partial charge on any atom is 0.293 e. The average molecular weight is 460 g/mol. The van der Waals surface area contributed by atoms with Gasteiger partial charge in [0.05, 0.1) is 16.3 Å². The van der Waals surface area contributed by atoms with Crippen LogP contribution in [0, 0.1) is 10.1 Å². The molecule has 1 heterocycles. The Bertz CT molecular complexity index is 1220. The van der Waals surface area contributed by atoms with Gasteiger partial charge < -0.3 is 21.3 Å². The molecule has 1 aliphatic heterocycles. The molecule has 0 atom stereocenters. The van der Waals surface area contributed by atoms with Crippen molar-refractivity contribution in [3.8, 4) is 0 Å². The van der Waals surface area contributed by atoms with Crippen LogP contribution in [0.4, 0.5) is 28.4 Å². The lowest BCUT2D eigenvalue weighted by Gasteiger charge is -2.30. The lowest BCUT2D eigenvalue weighted by atomic mass is 10.1. The molecule has 0 aromatic heterocycles. The van der Waals surface area contributed by atoms with Crippen LogP contribution in [-0.4, -0.2) is 29.8 Å². The third kappa shape index (κ3) is 5.15. The zero-order valence-electron chi connectivity index (χ0n) is 18.5. The highest BCUT2D eigenvalue weighted by molar-refractivity contribution is 6.07. The van der Waals surface area contributed by atoms with Gasteiger partial charge in [-0.2, -0.15) is 0 Å². The van der Waals surface area contributed by atoms with E-state index in [0.29, 0.717) is 11.4 Å². The van der Waals surface area contributed by atoms with E-state index in [9.17, 15) is 19.7 Å². The van der Waals surface area contributed by atoms with Crippen LogP contribution in [0.1, 0.15) is 40.0 Å². The van der Waals surface area contributed by atoms with E-state index < -0.39 is 16.7 Å². The zero-order chi connectivity index (χ0) is 24.1. The third-order valence-electron chi connectivity index (χ3n) is 5.74. The van der Waals surface area contributed by atoms with Crippen molar-refractivity contribution in [2.24, 2.45) is 5.73 Å². The van der Waals surface area contributed by atoms with Crippen molar-refractivity contribution >= 4 is 40.3 Å². The summed E-state index contributed by atoms with van der Waals surface area (Å²) in [5.41, 5.74) is 7.80. The van der Waals surface area contributed by atoms with Gasteiger partial charge in [-0.1, -0.05) is 18.2 Å². The Hall–Kier alpha value is -4.40. The Morgan fingerprint density at radius 1 is 0.882 bits per heavy atom. The highest BCUT2D eigenvalue weighted by Crippen LogP contribution is 2.32. The van der Waals surface area contributed by atoms with Crippen molar-refractivity contribution in [3.63, 3.8) is 0 Å². The predicted molar refractivity (Wildman–Crippen MR) is 132 cm³/mol. The number of nitrogens with two attached hydrogens (primary N) is 1. The van der Waals surface area contributed by atoms with Gasteiger partial charge in [-0.05, 0) is 61.7 Å². The van der Waals surface area contributed by atoms with E-state index in [1.54, 1.807) is 30.3 Å². The third-order valence-corrected chi connectivity index (χ3v) is 5.74. The summed E-state index contributed by atoms with van der Waals surface area (Å²) in [4.78, 5) is 38.1. The molecule has 0 aliphatic carbocycles. The summed E-state index contributed by atoms with van der Waals surface area (Å²) >= 11 is 0. The number of anilines is 4. The second kappa shape index (κ2) is 10.0. The Balaban J connectivity index is 1.63. The summed E-state index contributed by atoms with van der Waals surface area (Å²) in [5, 5.41) is 17.5. The molecule has 3 aromatic rings. The van der Waals surface area contributed by atoms with E-state index >= 15 is 0 Å². The number of carbonyl (C=O) groups is 2. The summed E-state index contributed by atoms with van der Waals surface area (Å²) < 4.78 is 0. The quantitative estimate of drug-likeness (QED) is 0.347. The summed E-state index contributed by atoms with van der Waals surface area (Å²) in [6.45, 7) is 1.67. The van der Waals surface area contributed by atoms with Crippen LogP contribution in [0.15, 0.2) is 66.7 Å². The molecule has 9 nitrogen and oxygen atoms in total. The molecule has 9 heteroatoms. The SMILES string of the molecule is NC(=O)c1ccc(N2CCCCC2)c(NC(=O)c2ccc(Nc3ccccc3)c([N+](=O)[O-])c2)c1. The molecule has 0 radical (unpaired) electrons. The molecule has 1 saturated heterocycles. The topological polar surface area (TPSA) is 131 Å². The molecular formula is C25H25N5O4. The average Bonchev–Trinajstić information content (AvgIpc) is 2.85. The van der Waals surface area contributed by atoms with E-state index in [-0.39, 0.29) is 22.5 Å². The summed E-state index contributed by atoms with van der Waals surface area (Å²) in [5.74, 6) is -1.12. The van der Waals surface area contributed by atoms with E-state index in [1.807, 2.05) is 18.2 Å². The highest BCUT2D eigenvalue weighted by atomic mass is 16.6. The molecule has 34 heavy (non-hydrogen) atoms. The van der Waals surface area contributed by atoms with Crippen molar-refractivity contribution < 1.29 is 14.5 Å². The van der Waals surface area contributed by atoms with Crippen LogP contribution in [-0.2, 0) is 0 Å². The molecule has 0 spiro atoms. The summed E-state index contributed by atoms with van der Waals surface area (Å²) in [7, 11) is 0. The monoisotopic (exact) mass is 459 g/mol. The number of carbonyl (C=O) groups excluding carboxylic acids is 2. The number of amides is 2. The van der Waals surface area contributed by atoms with Crippen LogP contribution in [0.25, 0.3) is 0 Å². The number of hydrogen-bond acceptors (Lipinski definition) is 6. The molecule has 2 amide bonds. The Kier molecular flexibility index (Phi) is 6.72. The minimum atomic E-state index is -0.604. The Morgan fingerprint density at radius 2 is 1.59 bits per heavy atom. The van der Waals surface area contributed by atoms with Crippen molar-refractivity contribution in [1.82, 2.24) is 0 Å². The summed E-state index contributed by atoms with van der Waals surface area (Å²) in [6.07, 6.45) is 3.21. The van der Waals surface area contributed by atoms with Crippen molar-refractivity contribution in [1.29, 1.82) is 0 Å². The molecule has 1 fully saturated rings. The first-order chi connectivity index (χ1) is 16.4. The number of nitro benzene ring substituents is 1. The molecular weight excluding hydrogens is 434 g/mol. The van der Waals surface area contributed by atoms with Gasteiger partial charge in [0.1, 0.15) is 5.69 Å². The number of piperidine rings is 1. The van der Waals surface area contributed by atoms with Crippen molar-refractivity contribution in [2.75, 3.05) is 28.6 Å². The molecule has 0 saturated carbocycles. The molecule has 4 N–H and O–H groups in total. The van der Waals surface area contributed by atoms with Gasteiger partial charge in [0.2, 0.25) is 5.91 Å². The molecule has 4 rings (SSSR count). The van der Waals surface area contributed by atoms with Crippen LogP contribution in [0.5, 0.6) is 0 Å². The number of para-hydroxylation sites is 1. The first-order valence-corrected chi connectivity index (χ1v) is 11.0. The van der Waals surface area contributed by atoms with E-state index in [4.69, 9.17) is 5.73 Å². The maximum absolute atomic E-state index is 13.1. The standard InChI is InChI=1S/C25H25N5O4/c26-24(31)17-10-12-22(29-13-5-2-6-14-29)21(15-17)28-25(32)18-9-11-20(23(16-18)30(33)34)27-19-7-3-1-4-8-19/h1,3-4,7-12,15-16,27H,2,5-6,13-14H2,(H2,26,31)(H,28,32). The van der Waals surface area contributed by atoms with Crippen molar-refractivity contribution in [3.05, 3.63) is 88.0 Å². The van der Waals surface area contributed by atoms with Crippen LogP contribution < -0.4 is 21.3 Å². The molecule has 0 bridgehead atoms. The second-order valence-electron chi connectivity index (χ2n) is 8.08. The fourth-order valence-electron chi connectivity index (χ4n) is 4.00. The van der Waals surface area contributed by atoms with E-state index in [0.717, 1.165) is 38.0 Å². The minimum Gasteiger partial charge on any atom is -0.370 e. The lowest BCUT2D eigenvalue weighted by Crippen LogP contribution is -2.30. The first kappa shape index (κ1) is 22.8. The fraction of sp³-hybridized carbons (Fsp3) is 0.200. The van der Waals surface area contributed by atoms with Gasteiger partial charge in [0.25, 0.3) is 11.6 Å². The number of benzene rings is 3. The number of hydrogen-bond donors (Lipinski definition) is 3. The molecule has 174 valence electrons. The number of nitrogens with zero attached hydrogens (tertiary/aromatic N) is 2. The zero-order valence-corrected chi connectivity index (χ0v) is 18.5. The van der Waals surface area contributed by atoms with Gasteiger partial charge in [0.15, 0.2) is 0 Å². The predicted octanol–water partition coefficient (Wildman–Crippen LogP) is 4.68. The van der Waals surface area contributed by atoms with Gasteiger partial charge >= 0.3 is 0 Å². The minimum absolute atomic E-state index is 0.124. The number of nitro groups is 1. The normalized spacial score (nSPS) is 13.2. The van der Waals surface area contributed by atoms with Gasteiger partial charge in [0, 0.05) is 36.0 Å². The highest BCUT2D eigenvalue weighted by Gasteiger charge is 2.21. The molecule has 1 aliphatic rings. The fourth-order valence-corrected chi connectivity index (χ4v) is 4.00. The lowest BCUT2D eigenvalue weighted by molar-refractivity contribution is -0.383. The second-order valence-corrected chi connectivity index (χ2v) is 8.08. The number of nitrogens with one attached hydrogen (secondary N) is 2.